The van der Waals surface area contributed by atoms with E-state index >= 15 is 0 Å². The van der Waals surface area contributed by atoms with Gasteiger partial charge in [0, 0.05) is 23.2 Å². The van der Waals surface area contributed by atoms with Crippen LogP contribution in [0, 0.1) is 20.8 Å². The topological polar surface area (TPSA) is 28.1 Å². The van der Waals surface area contributed by atoms with E-state index in [4.69, 9.17) is 0 Å². The zero-order valence-electron chi connectivity index (χ0n) is 8.31. The third-order valence-electron chi connectivity index (χ3n) is 2.62. The molecule has 1 aliphatic heterocycles. The molecule has 2 nitrogen and oxygen atoms in total. The van der Waals surface area contributed by atoms with Crippen molar-refractivity contribution in [2.45, 2.75) is 20.8 Å². The van der Waals surface area contributed by atoms with Crippen molar-refractivity contribution in [1.82, 2.24) is 4.98 Å². The number of allylic oxidation sites excluding steroid dienone is 1. The quantitative estimate of drug-likeness (QED) is 0.677. The number of hydrogen-bond acceptors (Lipinski definition) is 1. The molecule has 2 heteroatoms. The summed E-state index contributed by atoms with van der Waals surface area (Å²) >= 11 is 0. The van der Waals surface area contributed by atoms with Crippen LogP contribution < -0.4 is 0 Å². The molecule has 0 saturated carbocycles. The second-order valence-electron chi connectivity index (χ2n) is 3.53. The first-order chi connectivity index (χ1) is 6.20. The number of aryl methyl sites for hydroxylation is 2. The molecular formula is C11H14N2. The van der Waals surface area contributed by atoms with Gasteiger partial charge >= 0.3 is 0 Å². The summed E-state index contributed by atoms with van der Waals surface area (Å²) in [5.41, 5.74) is 6.44. The van der Waals surface area contributed by atoms with Crippen molar-refractivity contribution in [2.24, 2.45) is 4.99 Å². The van der Waals surface area contributed by atoms with E-state index in [2.05, 4.69) is 36.8 Å². The number of rotatable bonds is 1. The van der Waals surface area contributed by atoms with Crippen molar-refractivity contribution in [1.29, 1.82) is 0 Å². The van der Waals surface area contributed by atoms with E-state index in [1.807, 2.05) is 6.21 Å². The zero-order valence-corrected chi connectivity index (χ0v) is 8.31. The maximum atomic E-state index is 4.20. The van der Waals surface area contributed by atoms with Gasteiger partial charge < -0.3 is 4.98 Å². The summed E-state index contributed by atoms with van der Waals surface area (Å²) in [4.78, 5) is 7.55. The maximum absolute atomic E-state index is 4.20. The molecule has 68 valence electrons. The standard InChI is InChI=1S/C11H14N2/c1-7-8(2)13-9(3)11(7)10-4-5-12-6-10/h4,6,13H,5H2,1-3H3. The summed E-state index contributed by atoms with van der Waals surface area (Å²) in [6, 6.07) is 0. The zero-order chi connectivity index (χ0) is 9.42. The molecule has 0 spiro atoms. The molecule has 2 heterocycles. The Morgan fingerprint density at radius 1 is 1.23 bits per heavy atom. The lowest BCUT2D eigenvalue weighted by Gasteiger charge is -1.99. The van der Waals surface area contributed by atoms with Crippen molar-refractivity contribution in [3.8, 4) is 0 Å². The highest BCUT2D eigenvalue weighted by atomic mass is 14.7. The predicted octanol–water partition coefficient (Wildman–Crippen LogP) is 2.41. The first-order valence-corrected chi connectivity index (χ1v) is 4.56. The molecule has 0 aromatic carbocycles. The van der Waals surface area contributed by atoms with Gasteiger partial charge in [-0.15, -0.1) is 0 Å². The van der Waals surface area contributed by atoms with Crippen LogP contribution in [0.4, 0.5) is 0 Å². The molecule has 1 aromatic heterocycles. The SMILES string of the molecule is Cc1[nH]c(C)c(C2=CCN=C2)c1C. The predicted molar refractivity (Wildman–Crippen MR) is 56.3 cm³/mol. The van der Waals surface area contributed by atoms with Crippen LogP contribution in [0.5, 0.6) is 0 Å². The molecule has 0 fully saturated rings. The van der Waals surface area contributed by atoms with Crippen molar-refractivity contribution in [3.63, 3.8) is 0 Å². The number of H-pyrrole nitrogens is 1. The minimum Gasteiger partial charge on any atom is -0.362 e. The highest BCUT2D eigenvalue weighted by molar-refractivity contribution is 6.12. The number of aromatic nitrogens is 1. The van der Waals surface area contributed by atoms with E-state index < -0.39 is 0 Å². The Hall–Kier alpha value is -1.31. The van der Waals surface area contributed by atoms with E-state index in [9.17, 15) is 0 Å². The fourth-order valence-electron chi connectivity index (χ4n) is 1.86. The lowest BCUT2D eigenvalue weighted by atomic mass is 10.0. The van der Waals surface area contributed by atoms with Crippen molar-refractivity contribution in [3.05, 3.63) is 28.6 Å². The molecule has 0 amide bonds. The van der Waals surface area contributed by atoms with Crippen LogP contribution in [0.15, 0.2) is 11.1 Å². The summed E-state index contributed by atoms with van der Waals surface area (Å²) in [6.45, 7) is 7.21. The van der Waals surface area contributed by atoms with E-state index in [0.717, 1.165) is 6.54 Å². The second kappa shape index (κ2) is 2.87. The third-order valence-corrected chi connectivity index (χ3v) is 2.62. The fourth-order valence-corrected chi connectivity index (χ4v) is 1.86. The van der Waals surface area contributed by atoms with Crippen LogP contribution in [0.25, 0.3) is 5.57 Å². The van der Waals surface area contributed by atoms with Crippen LogP contribution in [0.3, 0.4) is 0 Å². The Balaban J connectivity index is 2.56. The van der Waals surface area contributed by atoms with Gasteiger partial charge in [0.25, 0.3) is 0 Å². The van der Waals surface area contributed by atoms with Gasteiger partial charge in [0.2, 0.25) is 0 Å². The average molecular weight is 174 g/mol. The van der Waals surface area contributed by atoms with Crippen LogP contribution in [-0.2, 0) is 0 Å². The molecule has 0 saturated heterocycles. The van der Waals surface area contributed by atoms with Gasteiger partial charge in [0.15, 0.2) is 0 Å². The van der Waals surface area contributed by atoms with Crippen molar-refractivity contribution in [2.75, 3.05) is 6.54 Å². The smallest absolute Gasteiger partial charge is 0.0580 e. The number of aromatic amines is 1. The monoisotopic (exact) mass is 174 g/mol. The second-order valence-corrected chi connectivity index (χ2v) is 3.53. The molecule has 0 bridgehead atoms. The van der Waals surface area contributed by atoms with Gasteiger partial charge in [-0.25, -0.2) is 0 Å². The molecule has 0 aliphatic carbocycles. The first kappa shape index (κ1) is 8.30. The van der Waals surface area contributed by atoms with E-state index in [-0.39, 0.29) is 0 Å². The summed E-state index contributed by atoms with van der Waals surface area (Å²) < 4.78 is 0. The Bertz CT molecular complexity index is 394. The Morgan fingerprint density at radius 2 is 2.00 bits per heavy atom. The highest BCUT2D eigenvalue weighted by Gasteiger charge is 2.12. The van der Waals surface area contributed by atoms with E-state index in [1.165, 1.54) is 28.1 Å². The summed E-state index contributed by atoms with van der Waals surface area (Å²) in [7, 11) is 0. The number of nitrogens with zero attached hydrogens (tertiary/aromatic N) is 1. The summed E-state index contributed by atoms with van der Waals surface area (Å²) in [5, 5.41) is 0. The van der Waals surface area contributed by atoms with Crippen LogP contribution in [0.1, 0.15) is 22.5 Å². The minimum absolute atomic E-state index is 0.832. The molecule has 1 aromatic rings. The minimum atomic E-state index is 0.832. The molecule has 2 rings (SSSR count). The first-order valence-electron chi connectivity index (χ1n) is 4.56. The van der Waals surface area contributed by atoms with Gasteiger partial charge in [0.1, 0.15) is 0 Å². The maximum Gasteiger partial charge on any atom is 0.0580 e. The molecular weight excluding hydrogens is 160 g/mol. The molecule has 0 radical (unpaired) electrons. The van der Waals surface area contributed by atoms with Crippen LogP contribution >= 0.6 is 0 Å². The van der Waals surface area contributed by atoms with Gasteiger partial charge in [0.05, 0.1) is 6.54 Å². The third kappa shape index (κ3) is 1.22. The fraction of sp³-hybridized carbons (Fsp3) is 0.364. The Labute approximate surface area is 78.4 Å². The summed E-state index contributed by atoms with van der Waals surface area (Å²) in [5.74, 6) is 0. The lowest BCUT2D eigenvalue weighted by Crippen LogP contribution is -1.86. The van der Waals surface area contributed by atoms with Crippen molar-refractivity contribution >= 4 is 11.8 Å². The number of aliphatic imine (C=N–C) groups is 1. The molecule has 1 aliphatic rings. The van der Waals surface area contributed by atoms with E-state index in [1.54, 1.807) is 0 Å². The lowest BCUT2D eigenvalue weighted by molar-refractivity contribution is 1.17. The molecule has 0 unspecified atom stereocenters. The van der Waals surface area contributed by atoms with Gasteiger partial charge in [-0.3, -0.25) is 4.99 Å². The van der Waals surface area contributed by atoms with Crippen LogP contribution in [0.2, 0.25) is 0 Å². The molecule has 1 N–H and O–H groups in total. The largest absolute Gasteiger partial charge is 0.362 e. The number of nitrogens with one attached hydrogen (secondary N) is 1. The molecule has 13 heavy (non-hydrogen) atoms. The number of hydrogen-bond donors (Lipinski definition) is 1. The summed E-state index contributed by atoms with van der Waals surface area (Å²) in [6.07, 6.45) is 4.13. The van der Waals surface area contributed by atoms with E-state index in [0.29, 0.717) is 0 Å². The Morgan fingerprint density at radius 3 is 2.46 bits per heavy atom. The van der Waals surface area contributed by atoms with Crippen molar-refractivity contribution < 1.29 is 0 Å². The highest BCUT2D eigenvalue weighted by Crippen LogP contribution is 2.25. The van der Waals surface area contributed by atoms with Crippen LogP contribution in [-0.4, -0.2) is 17.7 Å². The average Bonchev–Trinajstić information content (AvgIpc) is 2.63. The van der Waals surface area contributed by atoms with Gasteiger partial charge in [-0.1, -0.05) is 6.08 Å². The normalized spacial score (nSPS) is 15.2. The molecule has 0 atom stereocenters. The van der Waals surface area contributed by atoms with Gasteiger partial charge in [-0.05, 0) is 31.9 Å². The van der Waals surface area contributed by atoms with Gasteiger partial charge in [-0.2, -0.15) is 0 Å². The Kier molecular flexibility index (Phi) is 1.83.